The van der Waals surface area contributed by atoms with Crippen molar-refractivity contribution in [1.82, 2.24) is 0 Å². The number of nitrogens with two attached hydrogens (primary N) is 1. The molecule has 0 radical (unpaired) electrons. The van der Waals surface area contributed by atoms with Gasteiger partial charge in [0.2, 0.25) is 0 Å². The lowest BCUT2D eigenvalue weighted by atomic mass is 9.88. The van der Waals surface area contributed by atoms with Crippen molar-refractivity contribution in [2.45, 2.75) is 26.4 Å². The highest BCUT2D eigenvalue weighted by Gasteiger charge is 2.17. The largest absolute Gasteiger partial charge is 0.508 e. The van der Waals surface area contributed by atoms with Crippen LogP contribution in [0.4, 0.5) is 0 Å². The van der Waals surface area contributed by atoms with Gasteiger partial charge in [-0.1, -0.05) is 32.1 Å². The maximum absolute atomic E-state index is 9.45. The van der Waals surface area contributed by atoms with Crippen LogP contribution in [0.2, 0.25) is 0 Å². The summed E-state index contributed by atoms with van der Waals surface area (Å²) in [6.07, 6.45) is 0. The van der Waals surface area contributed by atoms with Crippen molar-refractivity contribution in [3.63, 3.8) is 0 Å². The van der Waals surface area contributed by atoms with E-state index in [0.29, 0.717) is 10.6 Å². The van der Waals surface area contributed by atoms with Crippen molar-refractivity contribution in [3.05, 3.63) is 29.3 Å². The summed E-state index contributed by atoms with van der Waals surface area (Å²) in [6, 6.07) is 5.20. The second-order valence-electron chi connectivity index (χ2n) is 4.03. The predicted molar refractivity (Wildman–Crippen MR) is 68.4 cm³/mol. The van der Waals surface area contributed by atoms with E-state index >= 15 is 0 Å². The van der Waals surface area contributed by atoms with Gasteiger partial charge < -0.3 is 15.9 Å². The molecule has 3 nitrogen and oxygen atoms in total. The van der Waals surface area contributed by atoms with Crippen LogP contribution >= 0.6 is 12.2 Å². The van der Waals surface area contributed by atoms with Gasteiger partial charge in [-0.3, -0.25) is 0 Å². The molecule has 0 aromatic heterocycles. The summed E-state index contributed by atoms with van der Waals surface area (Å²) in [7, 11) is 0. The average molecular weight is 239 g/mol. The van der Waals surface area contributed by atoms with Crippen molar-refractivity contribution in [3.8, 4) is 5.75 Å². The van der Waals surface area contributed by atoms with Gasteiger partial charge in [0, 0.05) is 11.5 Å². The Morgan fingerprint density at radius 3 is 2.56 bits per heavy atom. The smallest absolute Gasteiger partial charge is 0.121 e. The van der Waals surface area contributed by atoms with Crippen LogP contribution in [0.15, 0.2) is 18.2 Å². The fourth-order valence-electron chi connectivity index (χ4n) is 1.55. The molecule has 0 aliphatic heterocycles. The van der Waals surface area contributed by atoms with Gasteiger partial charge >= 0.3 is 0 Å². The molecule has 2 unspecified atom stereocenters. The molecule has 0 fully saturated rings. The van der Waals surface area contributed by atoms with Crippen LogP contribution in [0, 0.1) is 5.92 Å². The number of phenols is 1. The van der Waals surface area contributed by atoms with Crippen molar-refractivity contribution >= 4 is 17.2 Å². The Morgan fingerprint density at radius 2 is 2.06 bits per heavy atom. The van der Waals surface area contributed by atoms with Gasteiger partial charge in [-0.25, -0.2) is 0 Å². The van der Waals surface area contributed by atoms with E-state index in [1.165, 1.54) is 0 Å². The molecule has 4 N–H and O–H groups in total. The average Bonchev–Trinajstić information content (AvgIpc) is 2.27. The fraction of sp³-hybridized carbons (Fsp3) is 0.417. The predicted octanol–water partition coefficient (Wildman–Crippen LogP) is 1.91. The van der Waals surface area contributed by atoms with E-state index in [1.54, 1.807) is 12.1 Å². The molecule has 0 aliphatic rings. The molecule has 16 heavy (non-hydrogen) atoms. The molecule has 0 bridgehead atoms. The van der Waals surface area contributed by atoms with Crippen LogP contribution in [-0.4, -0.2) is 15.2 Å². The zero-order chi connectivity index (χ0) is 12.3. The van der Waals surface area contributed by atoms with Gasteiger partial charge in [-0.15, -0.1) is 0 Å². The van der Waals surface area contributed by atoms with Gasteiger partial charge in [-0.05, 0) is 23.6 Å². The van der Waals surface area contributed by atoms with Gasteiger partial charge in [0.15, 0.2) is 0 Å². The van der Waals surface area contributed by atoms with E-state index in [4.69, 9.17) is 23.1 Å². The Kier molecular flexibility index (Phi) is 4.26. The summed E-state index contributed by atoms with van der Waals surface area (Å²) in [5, 5.41) is 18.5. The van der Waals surface area contributed by atoms with E-state index in [2.05, 4.69) is 0 Å². The molecule has 2 atom stereocenters. The number of aromatic hydroxyl groups is 1. The monoisotopic (exact) mass is 239 g/mol. The lowest BCUT2D eigenvalue weighted by Crippen LogP contribution is -2.23. The molecule has 88 valence electrons. The van der Waals surface area contributed by atoms with E-state index in [1.807, 2.05) is 19.9 Å². The fourth-order valence-corrected chi connectivity index (χ4v) is 1.75. The zero-order valence-corrected chi connectivity index (χ0v) is 10.3. The Hall–Kier alpha value is -1.13. The van der Waals surface area contributed by atoms with Crippen LogP contribution < -0.4 is 5.73 Å². The Labute approximate surface area is 101 Å². The summed E-state index contributed by atoms with van der Waals surface area (Å²) in [5.74, 6) is 0.371. The minimum Gasteiger partial charge on any atom is -0.508 e. The number of benzene rings is 1. The first-order valence-electron chi connectivity index (χ1n) is 5.19. The second-order valence-corrected chi connectivity index (χ2v) is 4.50. The van der Waals surface area contributed by atoms with Crippen LogP contribution in [0.3, 0.4) is 0 Å². The molecule has 0 heterocycles. The van der Waals surface area contributed by atoms with Crippen LogP contribution in [0.1, 0.15) is 30.9 Å². The summed E-state index contributed by atoms with van der Waals surface area (Å²) in [4.78, 5) is 0.478. The van der Waals surface area contributed by atoms with E-state index < -0.39 is 0 Å². The summed E-state index contributed by atoms with van der Waals surface area (Å²) >= 11 is 4.96. The van der Waals surface area contributed by atoms with E-state index in [-0.39, 0.29) is 24.2 Å². The highest BCUT2D eigenvalue weighted by atomic mass is 32.1. The third-order valence-corrected chi connectivity index (χ3v) is 3.37. The molecule has 0 saturated carbocycles. The van der Waals surface area contributed by atoms with Crippen molar-refractivity contribution in [2.24, 2.45) is 11.7 Å². The Bertz CT molecular complexity index is 393. The number of aliphatic hydroxyl groups excluding tert-OH is 1. The van der Waals surface area contributed by atoms with Gasteiger partial charge in [0.05, 0.1) is 11.6 Å². The minimum absolute atomic E-state index is 0.0890. The van der Waals surface area contributed by atoms with Crippen molar-refractivity contribution in [1.29, 1.82) is 0 Å². The van der Waals surface area contributed by atoms with Crippen molar-refractivity contribution < 1.29 is 10.2 Å². The van der Waals surface area contributed by atoms with Crippen molar-refractivity contribution in [2.75, 3.05) is 0 Å². The quantitative estimate of drug-likeness (QED) is 0.702. The second kappa shape index (κ2) is 5.27. The number of aliphatic hydroxyl groups is 1. The summed E-state index contributed by atoms with van der Waals surface area (Å²) in [5.41, 5.74) is 7.15. The Morgan fingerprint density at radius 1 is 1.44 bits per heavy atom. The maximum Gasteiger partial charge on any atom is 0.121 e. The molecular weight excluding hydrogens is 222 g/mol. The lowest BCUT2D eigenvalue weighted by molar-refractivity contribution is 0.275. The van der Waals surface area contributed by atoms with Gasteiger partial charge in [0.1, 0.15) is 5.75 Å². The highest BCUT2D eigenvalue weighted by molar-refractivity contribution is 7.80. The molecule has 1 rings (SSSR count). The summed E-state index contributed by atoms with van der Waals surface area (Å²) in [6.45, 7) is 3.82. The molecule has 0 aliphatic carbocycles. The molecule has 1 aromatic rings. The first-order valence-corrected chi connectivity index (χ1v) is 5.60. The molecule has 1 aromatic carbocycles. The molecule has 0 amide bonds. The van der Waals surface area contributed by atoms with E-state index in [0.717, 1.165) is 5.56 Å². The first-order chi connectivity index (χ1) is 7.47. The number of hydrogen-bond donors (Lipinski definition) is 3. The van der Waals surface area contributed by atoms with Crippen LogP contribution in [0.5, 0.6) is 5.75 Å². The molecule has 0 saturated heterocycles. The minimum atomic E-state index is -0.173. The number of hydrogen-bond acceptors (Lipinski definition) is 3. The molecule has 4 heteroatoms. The first kappa shape index (κ1) is 12.9. The van der Waals surface area contributed by atoms with E-state index in [9.17, 15) is 5.11 Å². The number of rotatable bonds is 4. The molecule has 0 spiro atoms. The van der Waals surface area contributed by atoms with Gasteiger partial charge in [-0.2, -0.15) is 0 Å². The standard InChI is InChI=1S/C12H17NO2S/c1-7(8(2)12(13)16)9-3-4-11(15)10(5-9)6-14/h3-5,7-8,14-15H,6H2,1-2H3,(H2,13,16). The highest BCUT2D eigenvalue weighted by Crippen LogP contribution is 2.28. The SMILES string of the molecule is CC(C(N)=S)C(C)c1ccc(O)c(CO)c1. The topological polar surface area (TPSA) is 66.5 Å². The Balaban J connectivity index is 3.00. The third kappa shape index (κ3) is 2.71. The third-order valence-electron chi connectivity index (χ3n) is 3.00. The molecular formula is C12H17NO2S. The van der Waals surface area contributed by atoms with Crippen LogP contribution in [0.25, 0.3) is 0 Å². The normalized spacial score (nSPS) is 14.4. The zero-order valence-electron chi connectivity index (χ0n) is 9.47. The number of thiocarbonyl (C=S) groups is 1. The summed E-state index contributed by atoms with van der Waals surface area (Å²) < 4.78 is 0. The van der Waals surface area contributed by atoms with Gasteiger partial charge in [0.25, 0.3) is 0 Å². The van der Waals surface area contributed by atoms with Crippen LogP contribution in [-0.2, 0) is 6.61 Å². The lowest BCUT2D eigenvalue weighted by Gasteiger charge is -2.19. The maximum atomic E-state index is 9.45.